The van der Waals surface area contributed by atoms with E-state index in [2.05, 4.69) is 26.4 Å². The van der Waals surface area contributed by atoms with Crippen LogP contribution in [0.2, 0.25) is 0 Å². The molecule has 0 aliphatic carbocycles. The van der Waals surface area contributed by atoms with Gasteiger partial charge < -0.3 is 14.6 Å². The summed E-state index contributed by atoms with van der Waals surface area (Å²) in [6.45, 7) is 6.97. The van der Waals surface area contributed by atoms with Crippen molar-refractivity contribution >= 4 is 0 Å². The highest BCUT2D eigenvalue weighted by Gasteiger charge is 2.21. The van der Waals surface area contributed by atoms with Crippen molar-refractivity contribution in [2.45, 2.75) is 32.4 Å². The van der Waals surface area contributed by atoms with Crippen LogP contribution in [0, 0.1) is 5.92 Å². The highest BCUT2D eigenvalue weighted by Crippen LogP contribution is 2.18. The van der Waals surface area contributed by atoms with E-state index in [9.17, 15) is 5.11 Å². The van der Waals surface area contributed by atoms with Crippen LogP contribution in [0.1, 0.15) is 25.6 Å². The average Bonchev–Trinajstić information content (AvgIpc) is 2.77. The molecule has 1 atom stereocenters. The number of hydrogen-bond acceptors (Lipinski definition) is 4. The van der Waals surface area contributed by atoms with E-state index in [1.54, 1.807) is 0 Å². The molecule has 0 amide bonds. The molecule has 1 saturated heterocycles. The van der Waals surface area contributed by atoms with Gasteiger partial charge in [0, 0.05) is 32.5 Å². The van der Waals surface area contributed by atoms with Crippen LogP contribution in [0.5, 0.6) is 0 Å². The van der Waals surface area contributed by atoms with Crippen molar-refractivity contribution in [3.05, 3.63) is 18.2 Å². The minimum absolute atomic E-state index is 0.211. The second kappa shape index (κ2) is 7.20. The van der Waals surface area contributed by atoms with Gasteiger partial charge >= 0.3 is 0 Å². The van der Waals surface area contributed by atoms with Crippen LogP contribution in [0.25, 0.3) is 0 Å². The number of β-amino-alcohol motifs (C(OH)–C–C–N with tert-alkyl or cyclic N) is 1. The Morgan fingerprint density at radius 3 is 2.70 bits per heavy atom. The van der Waals surface area contributed by atoms with Crippen molar-refractivity contribution in [3.8, 4) is 0 Å². The zero-order valence-electron chi connectivity index (χ0n) is 13.0. The van der Waals surface area contributed by atoms with Gasteiger partial charge in [-0.25, -0.2) is 4.98 Å². The SMILES string of the molecule is CC(O)CN1CCC(CN(C)Cc2nccn2C)CC1. The van der Waals surface area contributed by atoms with Gasteiger partial charge in [-0.2, -0.15) is 0 Å². The summed E-state index contributed by atoms with van der Waals surface area (Å²) in [7, 11) is 4.22. The maximum atomic E-state index is 9.43. The summed E-state index contributed by atoms with van der Waals surface area (Å²) >= 11 is 0. The smallest absolute Gasteiger partial charge is 0.122 e. The van der Waals surface area contributed by atoms with Gasteiger partial charge in [-0.1, -0.05) is 0 Å². The number of rotatable bonds is 6. The summed E-state index contributed by atoms with van der Waals surface area (Å²) in [6.07, 6.45) is 6.11. The number of aromatic nitrogens is 2. The fourth-order valence-corrected chi connectivity index (χ4v) is 3.02. The Morgan fingerprint density at radius 2 is 2.15 bits per heavy atom. The lowest BCUT2D eigenvalue weighted by Crippen LogP contribution is -2.40. The predicted molar refractivity (Wildman–Crippen MR) is 80.4 cm³/mol. The van der Waals surface area contributed by atoms with E-state index < -0.39 is 0 Å². The Kier molecular flexibility index (Phi) is 5.57. The molecule has 114 valence electrons. The molecule has 5 heteroatoms. The Labute approximate surface area is 122 Å². The van der Waals surface area contributed by atoms with Crippen LogP contribution in [0.4, 0.5) is 0 Å². The minimum atomic E-state index is -0.211. The number of nitrogens with zero attached hydrogens (tertiary/aromatic N) is 4. The zero-order chi connectivity index (χ0) is 14.5. The molecule has 0 radical (unpaired) electrons. The van der Waals surface area contributed by atoms with Crippen LogP contribution in [0.15, 0.2) is 12.4 Å². The van der Waals surface area contributed by atoms with Gasteiger partial charge in [0.1, 0.15) is 5.82 Å². The number of piperidine rings is 1. The molecule has 0 bridgehead atoms. The van der Waals surface area contributed by atoms with E-state index in [1.807, 2.05) is 26.4 Å². The van der Waals surface area contributed by atoms with Crippen molar-refractivity contribution in [2.75, 3.05) is 33.2 Å². The van der Waals surface area contributed by atoms with Gasteiger partial charge in [-0.3, -0.25) is 4.90 Å². The lowest BCUT2D eigenvalue weighted by Gasteiger charge is -2.34. The van der Waals surface area contributed by atoms with Gasteiger partial charge in [-0.15, -0.1) is 0 Å². The van der Waals surface area contributed by atoms with Crippen LogP contribution in [-0.4, -0.2) is 63.8 Å². The summed E-state index contributed by atoms with van der Waals surface area (Å²) in [5.41, 5.74) is 0. The van der Waals surface area contributed by atoms with E-state index in [4.69, 9.17) is 0 Å². The second-order valence-electron chi connectivity index (χ2n) is 6.24. The first-order valence-electron chi connectivity index (χ1n) is 7.59. The Balaban J connectivity index is 1.71. The quantitative estimate of drug-likeness (QED) is 0.842. The molecule has 1 N–H and O–H groups in total. The number of likely N-dealkylation sites (tertiary alicyclic amines) is 1. The van der Waals surface area contributed by atoms with E-state index >= 15 is 0 Å². The Bertz CT molecular complexity index is 396. The van der Waals surface area contributed by atoms with E-state index in [1.165, 1.54) is 12.8 Å². The van der Waals surface area contributed by atoms with E-state index in [-0.39, 0.29) is 6.10 Å². The molecule has 1 unspecified atom stereocenters. The fraction of sp³-hybridized carbons (Fsp3) is 0.800. The van der Waals surface area contributed by atoms with Crippen molar-refractivity contribution < 1.29 is 5.11 Å². The Morgan fingerprint density at radius 1 is 1.45 bits per heavy atom. The molecule has 2 heterocycles. The molecule has 20 heavy (non-hydrogen) atoms. The molecule has 1 aliphatic rings. The Hall–Kier alpha value is -0.910. The highest BCUT2D eigenvalue weighted by atomic mass is 16.3. The first-order chi connectivity index (χ1) is 9.54. The molecule has 1 aromatic rings. The predicted octanol–water partition coefficient (Wildman–Crippen LogP) is 0.945. The maximum absolute atomic E-state index is 9.43. The van der Waals surface area contributed by atoms with E-state index in [0.29, 0.717) is 0 Å². The molecule has 5 nitrogen and oxygen atoms in total. The van der Waals surface area contributed by atoms with E-state index in [0.717, 1.165) is 44.5 Å². The summed E-state index contributed by atoms with van der Waals surface area (Å²) in [4.78, 5) is 9.13. The van der Waals surface area contributed by atoms with Gasteiger partial charge in [-0.05, 0) is 45.8 Å². The largest absolute Gasteiger partial charge is 0.392 e. The van der Waals surface area contributed by atoms with Crippen LogP contribution in [-0.2, 0) is 13.6 Å². The van der Waals surface area contributed by atoms with Crippen molar-refractivity contribution in [1.29, 1.82) is 0 Å². The first-order valence-corrected chi connectivity index (χ1v) is 7.59. The van der Waals surface area contributed by atoms with Crippen LogP contribution < -0.4 is 0 Å². The number of imidazole rings is 1. The molecule has 1 aliphatic heterocycles. The van der Waals surface area contributed by atoms with Crippen molar-refractivity contribution in [1.82, 2.24) is 19.4 Å². The fourth-order valence-electron chi connectivity index (χ4n) is 3.02. The summed E-state index contributed by atoms with van der Waals surface area (Å²) in [5, 5.41) is 9.43. The van der Waals surface area contributed by atoms with Gasteiger partial charge in [0.05, 0.1) is 12.6 Å². The summed E-state index contributed by atoms with van der Waals surface area (Å²) < 4.78 is 2.09. The average molecular weight is 280 g/mol. The maximum Gasteiger partial charge on any atom is 0.122 e. The van der Waals surface area contributed by atoms with Crippen molar-refractivity contribution in [3.63, 3.8) is 0 Å². The van der Waals surface area contributed by atoms with Gasteiger partial charge in [0.2, 0.25) is 0 Å². The third kappa shape index (κ3) is 4.58. The number of aliphatic hydroxyl groups excluding tert-OH is 1. The number of aliphatic hydroxyl groups is 1. The molecule has 1 fully saturated rings. The normalized spacial score (nSPS) is 19.6. The lowest BCUT2D eigenvalue weighted by molar-refractivity contribution is 0.0916. The first kappa shape index (κ1) is 15.5. The van der Waals surface area contributed by atoms with Gasteiger partial charge in [0.15, 0.2) is 0 Å². The summed E-state index contributed by atoms with van der Waals surface area (Å²) in [5.74, 6) is 1.89. The molecule has 0 spiro atoms. The molecular weight excluding hydrogens is 252 g/mol. The second-order valence-corrected chi connectivity index (χ2v) is 6.24. The van der Waals surface area contributed by atoms with Crippen LogP contribution in [0.3, 0.4) is 0 Å². The number of hydrogen-bond donors (Lipinski definition) is 1. The van der Waals surface area contributed by atoms with Gasteiger partial charge in [0.25, 0.3) is 0 Å². The van der Waals surface area contributed by atoms with Crippen molar-refractivity contribution in [2.24, 2.45) is 13.0 Å². The molecule has 2 rings (SSSR count). The standard InChI is InChI=1S/C15H28N4O/c1-13(20)10-19-7-4-14(5-8-19)11-17(2)12-15-16-6-9-18(15)3/h6,9,13-14,20H,4-5,7-8,10-12H2,1-3H3. The molecule has 0 saturated carbocycles. The summed E-state index contributed by atoms with van der Waals surface area (Å²) in [6, 6.07) is 0. The molecule has 0 aromatic carbocycles. The molecule has 1 aromatic heterocycles. The third-order valence-electron chi connectivity index (χ3n) is 4.13. The monoisotopic (exact) mass is 280 g/mol. The topological polar surface area (TPSA) is 44.5 Å². The minimum Gasteiger partial charge on any atom is -0.392 e. The lowest BCUT2D eigenvalue weighted by atomic mass is 9.96. The third-order valence-corrected chi connectivity index (χ3v) is 4.13. The zero-order valence-corrected chi connectivity index (χ0v) is 13.0. The molecular formula is C15H28N4O. The van der Waals surface area contributed by atoms with Crippen LogP contribution >= 0.6 is 0 Å². The number of aryl methyl sites for hydroxylation is 1. The highest BCUT2D eigenvalue weighted by molar-refractivity contribution is 4.90.